The molecule has 5 atom stereocenters. The van der Waals surface area contributed by atoms with E-state index in [0.717, 1.165) is 0 Å². The van der Waals surface area contributed by atoms with E-state index in [0.29, 0.717) is 0 Å². The number of rotatable bonds is 2. The van der Waals surface area contributed by atoms with Gasteiger partial charge in [0.1, 0.15) is 30.5 Å². The first kappa shape index (κ1) is 15.3. The van der Waals surface area contributed by atoms with Crippen LogP contribution in [0.15, 0.2) is 0 Å². The number of carbonyl (C=O) groups excluding carboxylic acids is 1. The zero-order valence-corrected chi connectivity index (χ0v) is 10.1. The molecule has 1 rings (SSSR count). The van der Waals surface area contributed by atoms with Crippen LogP contribution >= 0.6 is 0 Å². The molecule has 1 saturated heterocycles. The van der Waals surface area contributed by atoms with Crippen LogP contribution in [0.2, 0.25) is 0 Å². The Balaban J connectivity index is 0.00000196. The van der Waals surface area contributed by atoms with Crippen LogP contribution in [-0.4, -0.2) is 63.5 Å². The van der Waals surface area contributed by atoms with Crippen molar-refractivity contribution in [3.63, 3.8) is 0 Å². The van der Waals surface area contributed by atoms with Gasteiger partial charge in [0.2, 0.25) is 0 Å². The SMILES string of the molecule is O=C([O-])C(O)C1OC[C@@H](O)[C@H](O)[C@H]1O.[Na+]. The minimum Gasteiger partial charge on any atom is -0.547 e. The van der Waals surface area contributed by atoms with Crippen molar-refractivity contribution in [2.75, 3.05) is 6.61 Å². The molecular weight excluding hydrogens is 219 g/mol. The number of aliphatic carboxylic acids is 1. The van der Waals surface area contributed by atoms with Gasteiger partial charge in [-0.3, -0.25) is 0 Å². The number of aliphatic hydroxyl groups is 4. The van der Waals surface area contributed by atoms with Crippen LogP contribution in [0.4, 0.5) is 0 Å². The second-order valence-electron chi connectivity index (χ2n) is 3.11. The maximum atomic E-state index is 10.2. The van der Waals surface area contributed by atoms with Crippen LogP contribution in [0, 0.1) is 0 Å². The maximum absolute atomic E-state index is 10.2. The Morgan fingerprint density at radius 1 is 1.33 bits per heavy atom. The van der Waals surface area contributed by atoms with Gasteiger partial charge in [-0.25, -0.2) is 0 Å². The van der Waals surface area contributed by atoms with Gasteiger partial charge in [0, 0.05) is 0 Å². The van der Waals surface area contributed by atoms with Crippen LogP contribution in [-0.2, 0) is 9.53 Å². The minimum absolute atomic E-state index is 0. The van der Waals surface area contributed by atoms with E-state index in [1.807, 2.05) is 0 Å². The number of carboxylic acid groups (broad SMARTS) is 1. The molecule has 0 saturated carbocycles. The molecule has 4 N–H and O–H groups in total. The Hall–Kier alpha value is 0.270. The molecule has 8 heteroatoms. The average molecular weight is 230 g/mol. The van der Waals surface area contributed by atoms with Gasteiger partial charge in [-0.15, -0.1) is 0 Å². The molecule has 0 spiro atoms. The van der Waals surface area contributed by atoms with Crippen LogP contribution in [0.1, 0.15) is 0 Å². The normalized spacial score (nSPS) is 37.9. The third kappa shape index (κ3) is 3.36. The van der Waals surface area contributed by atoms with E-state index in [1.54, 1.807) is 0 Å². The van der Waals surface area contributed by atoms with Crippen molar-refractivity contribution in [2.24, 2.45) is 0 Å². The summed E-state index contributed by atoms with van der Waals surface area (Å²) in [7, 11) is 0. The molecule has 0 aromatic rings. The van der Waals surface area contributed by atoms with Crippen LogP contribution in [0.25, 0.3) is 0 Å². The Morgan fingerprint density at radius 3 is 2.33 bits per heavy atom. The van der Waals surface area contributed by atoms with E-state index in [1.165, 1.54) is 0 Å². The molecule has 1 heterocycles. The molecule has 0 aliphatic carbocycles. The second-order valence-corrected chi connectivity index (χ2v) is 3.11. The van der Waals surface area contributed by atoms with Gasteiger partial charge in [0.15, 0.2) is 0 Å². The van der Waals surface area contributed by atoms with Crippen molar-refractivity contribution in [3.8, 4) is 0 Å². The zero-order valence-electron chi connectivity index (χ0n) is 8.11. The fourth-order valence-corrected chi connectivity index (χ4v) is 1.24. The third-order valence-corrected chi connectivity index (χ3v) is 2.09. The number of hydrogen-bond acceptors (Lipinski definition) is 7. The molecule has 7 nitrogen and oxygen atoms in total. The predicted octanol–water partition coefficient (Wildman–Crippen LogP) is -7.42. The van der Waals surface area contributed by atoms with E-state index < -0.39 is 36.5 Å². The van der Waals surface area contributed by atoms with Crippen LogP contribution in [0.5, 0.6) is 0 Å². The second kappa shape index (κ2) is 6.12. The zero-order chi connectivity index (χ0) is 10.9. The Kier molecular flexibility index (Phi) is 6.23. The van der Waals surface area contributed by atoms with E-state index in [2.05, 4.69) is 4.74 Å². The van der Waals surface area contributed by atoms with Crippen LogP contribution < -0.4 is 34.7 Å². The van der Waals surface area contributed by atoms with E-state index in [-0.39, 0.29) is 36.2 Å². The standard InChI is InChI=1S/C7H12O7.Na/c8-2-1-14-6(4(10)3(2)9)5(11)7(12)13;/h2-6,8-11H,1H2,(H,12,13);/q;+1/p-1/t2-,3+,4-,5?,6?;/m1./s1. The van der Waals surface area contributed by atoms with Gasteiger partial charge in [-0.1, -0.05) is 0 Å². The van der Waals surface area contributed by atoms with Gasteiger partial charge in [-0.05, 0) is 0 Å². The number of aliphatic hydroxyl groups excluding tert-OH is 4. The first-order valence-electron chi connectivity index (χ1n) is 4.00. The Labute approximate surface area is 108 Å². The molecule has 0 aromatic heterocycles. The summed E-state index contributed by atoms with van der Waals surface area (Å²) < 4.78 is 4.67. The summed E-state index contributed by atoms with van der Waals surface area (Å²) in [5, 5.41) is 46.6. The molecule has 1 fully saturated rings. The molecule has 1 aliphatic heterocycles. The van der Waals surface area contributed by atoms with Crippen molar-refractivity contribution in [3.05, 3.63) is 0 Å². The van der Waals surface area contributed by atoms with E-state index in [4.69, 9.17) is 15.3 Å². The summed E-state index contributed by atoms with van der Waals surface area (Å²) in [6.07, 6.45) is -8.02. The quantitative estimate of drug-likeness (QED) is 0.346. The molecule has 0 radical (unpaired) electrons. The van der Waals surface area contributed by atoms with Crippen molar-refractivity contribution < 1.29 is 64.6 Å². The summed E-state index contributed by atoms with van der Waals surface area (Å²) in [5.41, 5.74) is 0. The van der Waals surface area contributed by atoms with Crippen molar-refractivity contribution in [2.45, 2.75) is 30.5 Å². The van der Waals surface area contributed by atoms with Gasteiger partial charge in [0.25, 0.3) is 0 Å². The number of ether oxygens (including phenoxy) is 1. The summed E-state index contributed by atoms with van der Waals surface area (Å²) in [6, 6.07) is 0. The Bertz CT molecular complexity index is 223. The van der Waals surface area contributed by atoms with E-state index in [9.17, 15) is 15.0 Å². The predicted molar refractivity (Wildman–Crippen MR) is 38.8 cm³/mol. The maximum Gasteiger partial charge on any atom is 1.00 e. The minimum atomic E-state index is -2.04. The van der Waals surface area contributed by atoms with Crippen molar-refractivity contribution >= 4 is 5.97 Å². The van der Waals surface area contributed by atoms with Crippen molar-refractivity contribution in [1.29, 1.82) is 0 Å². The summed E-state index contributed by atoms with van der Waals surface area (Å²) in [4.78, 5) is 10.2. The van der Waals surface area contributed by atoms with Gasteiger partial charge >= 0.3 is 29.6 Å². The molecule has 15 heavy (non-hydrogen) atoms. The molecule has 0 aromatic carbocycles. The first-order valence-corrected chi connectivity index (χ1v) is 4.00. The third-order valence-electron chi connectivity index (χ3n) is 2.09. The summed E-state index contributed by atoms with van der Waals surface area (Å²) in [5.74, 6) is -1.81. The van der Waals surface area contributed by atoms with Gasteiger partial charge < -0.3 is 35.1 Å². The van der Waals surface area contributed by atoms with Crippen LogP contribution in [0.3, 0.4) is 0 Å². The summed E-state index contributed by atoms with van der Waals surface area (Å²) in [6.45, 7) is -0.354. The average Bonchev–Trinajstić information content (AvgIpc) is 2.13. The number of hydrogen-bond donors (Lipinski definition) is 4. The van der Waals surface area contributed by atoms with Gasteiger partial charge in [-0.2, -0.15) is 0 Å². The topological polar surface area (TPSA) is 130 Å². The molecule has 1 aliphatic rings. The number of carboxylic acids is 1. The smallest absolute Gasteiger partial charge is 0.547 e. The van der Waals surface area contributed by atoms with E-state index >= 15 is 0 Å². The molecule has 2 unspecified atom stereocenters. The van der Waals surface area contributed by atoms with Gasteiger partial charge in [0.05, 0.1) is 12.6 Å². The Morgan fingerprint density at radius 2 is 1.87 bits per heavy atom. The molecular formula is C7H11NaO7. The molecule has 82 valence electrons. The first-order chi connectivity index (χ1) is 6.45. The monoisotopic (exact) mass is 230 g/mol. The summed E-state index contributed by atoms with van der Waals surface area (Å²) >= 11 is 0. The fraction of sp³-hybridized carbons (Fsp3) is 0.857. The fourth-order valence-electron chi connectivity index (χ4n) is 1.24. The number of carbonyl (C=O) groups is 1. The molecule has 0 amide bonds. The molecule has 0 bridgehead atoms. The largest absolute Gasteiger partial charge is 1.00 e. The van der Waals surface area contributed by atoms with Crippen molar-refractivity contribution in [1.82, 2.24) is 0 Å².